The fourth-order valence-corrected chi connectivity index (χ4v) is 1.94. The highest BCUT2D eigenvalue weighted by Gasteiger charge is 2.12. The Morgan fingerprint density at radius 2 is 1.86 bits per heavy atom. The zero-order valence-electron chi connectivity index (χ0n) is 11.8. The number of benzene rings is 2. The highest BCUT2D eigenvalue weighted by atomic mass is 35.5. The largest absolute Gasteiger partial charge is 0.493 e. The second kappa shape index (κ2) is 7.51. The molecule has 0 unspecified atom stereocenters. The third kappa shape index (κ3) is 4.26. The monoisotopic (exact) mass is 323 g/mol. The van der Waals surface area contributed by atoms with E-state index in [2.05, 4.69) is 0 Å². The first kappa shape index (κ1) is 15.9. The Morgan fingerprint density at radius 3 is 2.55 bits per heavy atom. The summed E-state index contributed by atoms with van der Waals surface area (Å²) in [5.41, 5.74) is -0.0561. The molecule has 0 aliphatic rings. The van der Waals surface area contributed by atoms with Crippen molar-refractivity contribution >= 4 is 17.3 Å². The van der Waals surface area contributed by atoms with E-state index in [1.54, 1.807) is 24.3 Å². The minimum atomic E-state index is -0.492. The molecule has 22 heavy (non-hydrogen) atoms. The van der Waals surface area contributed by atoms with E-state index in [-0.39, 0.29) is 12.3 Å². The summed E-state index contributed by atoms with van der Waals surface area (Å²) in [6.07, 6.45) is 0. The Balaban J connectivity index is 1.90. The van der Waals surface area contributed by atoms with Crippen LogP contribution < -0.4 is 14.2 Å². The van der Waals surface area contributed by atoms with Gasteiger partial charge >= 0.3 is 0 Å². The number of hydrogen-bond donors (Lipinski definition) is 0. The summed E-state index contributed by atoms with van der Waals surface area (Å²) < 4.78 is 16.1. The Labute approximate surface area is 132 Å². The predicted octanol–water partition coefficient (Wildman–Crippen LogP) is 3.71. The van der Waals surface area contributed by atoms with Crippen molar-refractivity contribution < 1.29 is 19.1 Å². The second-order valence-corrected chi connectivity index (χ2v) is 4.68. The molecule has 6 nitrogen and oxygen atoms in total. The third-order valence-corrected chi connectivity index (χ3v) is 3.00. The Kier molecular flexibility index (Phi) is 5.43. The molecule has 0 amide bonds. The minimum absolute atomic E-state index is 0.0561. The van der Waals surface area contributed by atoms with E-state index in [0.717, 1.165) is 0 Å². The molecule has 7 heteroatoms. The second-order valence-electron chi connectivity index (χ2n) is 4.25. The zero-order valence-corrected chi connectivity index (χ0v) is 12.6. The maximum Gasteiger partial charge on any atom is 0.273 e. The molecule has 0 fully saturated rings. The summed E-state index contributed by atoms with van der Waals surface area (Å²) in [6, 6.07) is 11.2. The van der Waals surface area contributed by atoms with Gasteiger partial charge in [0.25, 0.3) is 5.69 Å². The standard InChI is InChI=1S/C15H14ClNO5/c1-20-15-10-12(17(18)19)5-6-14(15)22-8-7-21-13-4-2-3-11(16)9-13/h2-6,9-10H,7-8H2,1H3. The third-order valence-electron chi connectivity index (χ3n) is 2.76. The maximum absolute atomic E-state index is 10.7. The van der Waals surface area contributed by atoms with Crippen LogP contribution >= 0.6 is 11.6 Å². The average Bonchev–Trinajstić information content (AvgIpc) is 2.51. The fourth-order valence-electron chi connectivity index (χ4n) is 1.76. The van der Waals surface area contributed by atoms with Crippen LogP contribution in [0, 0.1) is 10.1 Å². The molecule has 2 rings (SSSR count). The highest BCUT2D eigenvalue weighted by Crippen LogP contribution is 2.31. The van der Waals surface area contributed by atoms with E-state index in [4.69, 9.17) is 25.8 Å². The van der Waals surface area contributed by atoms with Gasteiger partial charge in [0, 0.05) is 11.1 Å². The van der Waals surface area contributed by atoms with Crippen LogP contribution in [-0.2, 0) is 0 Å². The predicted molar refractivity (Wildman–Crippen MR) is 82.1 cm³/mol. The lowest BCUT2D eigenvalue weighted by Gasteiger charge is -2.11. The van der Waals surface area contributed by atoms with Crippen LogP contribution in [0.15, 0.2) is 42.5 Å². The molecule has 2 aromatic carbocycles. The van der Waals surface area contributed by atoms with Crippen molar-refractivity contribution in [3.05, 3.63) is 57.6 Å². The number of ether oxygens (including phenoxy) is 3. The molecule has 0 bridgehead atoms. The number of nitro groups is 1. The molecule has 2 aromatic rings. The number of nitro benzene ring substituents is 1. The summed E-state index contributed by atoms with van der Waals surface area (Å²) in [7, 11) is 1.42. The van der Waals surface area contributed by atoms with E-state index in [9.17, 15) is 10.1 Å². The van der Waals surface area contributed by atoms with Gasteiger partial charge in [0.2, 0.25) is 0 Å². The van der Waals surface area contributed by atoms with Gasteiger partial charge in [0.05, 0.1) is 18.1 Å². The number of non-ortho nitro benzene ring substituents is 1. The van der Waals surface area contributed by atoms with Crippen molar-refractivity contribution in [2.24, 2.45) is 0 Å². The Bertz CT molecular complexity index is 662. The molecule has 0 aromatic heterocycles. The van der Waals surface area contributed by atoms with Gasteiger partial charge < -0.3 is 14.2 Å². The van der Waals surface area contributed by atoms with Gasteiger partial charge in [-0.2, -0.15) is 0 Å². The Morgan fingerprint density at radius 1 is 1.09 bits per heavy atom. The average molecular weight is 324 g/mol. The van der Waals surface area contributed by atoms with Crippen LogP contribution in [0.3, 0.4) is 0 Å². The normalized spacial score (nSPS) is 10.1. The van der Waals surface area contributed by atoms with Crippen LogP contribution in [0.1, 0.15) is 0 Å². The van der Waals surface area contributed by atoms with E-state index < -0.39 is 4.92 Å². The number of methoxy groups -OCH3 is 1. The maximum atomic E-state index is 10.7. The molecule has 0 radical (unpaired) electrons. The Hall–Kier alpha value is -2.47. The SMILES string of the molecule is COc1cc([N+](=O)[O-])ccc1OCCOc1cccc(Cl)c1. The smallest absolute Gasteiger partial charge is 0.273 e. The van der Waals surface area contributed by atoms with Crippen molar-refractivity contribution in [3.63, 3.8) is 0 Å². The summed E-state index contributed by atoms with van der Waals surface area (Å²) in [6.45, 7) is 0.571. The van der Waals surface area contributed by atoms with Crippen LogP contribution in [0.4, 0.5) is 5.69 Å². The molecule has 0 aliphatic heterocycles. The first-order valence-electron chi connectivity index (χ1n) is 6.44. The van der Waals surface area contributed by atoms with Crippen molar-refractivity contribution in [3.8, 4) is 17.2 Å². The molecule has 116 valence electrons. The lowest BCUT2D eigenvalue weighted by Crippen LogP contribution is -2.09. The van der Waals surface area contributed by atoms with Crippen LogP contribution in [0.25, 0.3) is 0 Å². The molecular weight excluding hydrogens is 310 g/mol. The minimum Gasteiger partial charge on any atom is -0.493 e. The lowest BCUT2D eigenvalue weighted by atomic mass is 10.3. The molecule has 0 aliphatic carbocycles. The number of halogens is 1. The topological polar surface area (TPSA) is 70.8 Å². The number of hydrogen-bond acceptors (Lipinski definition) is 5. The van der Waals surface area contributed by atoms with Crippen molar-refractivity contribution in [1.29, 1.82) is 0 Å². The van der Waals surface area contributed by atoms with Crippen LogP contribution in [-0.4, -0.2) is 25.2 Å². The lowest BCUT2D eigenvalue weighted by molar-refractivity contribution is -0.384. The van der Waals surface area contributed by atoms with Crippen molar-refractivity contribution in [2.75, 3.05) is 20.3 Å². The quantitative estimate of drug-likeness (QED) is 0.441. The molecule has 0 N–H and O–H groups in total. The van der Waals surface area contributed by atoms with Crippen LogP contribution in [0.5, 0.6) is 17.2 Å². The molecular formula is C15H14ClNO5. The molecule has 0 spiro atoms. The molecule has 0 saturated carbocycles. The summed E-state index contributed by atoms with van der Waals surface area (Å²) in [5.74, 6) is 1.37. The van der Waals surface area contributed by atoms with Crippen molar-refractivity contribution in [1.82, 2.24) is 0 Å². The summed E-state index contributed by atoms with van der Waals surface area (Å²) in [5, 5.41) is 11.3. The first-order chi connectivity index (χ1) is 10.6. The van der Waals surface area contributed by atoms with Crippen molar-refractivity contribution in [2.45, 2.75) is 0 Å². The van der Waals surface area contributed by atoms with E-state index in [0.29, 0.717) is 28.9 Å². The van der Waals surface area contributed by atoms with E-state index in [1.165, 1.54) is 25.3 Å². The molecule has 0 atom stereocenters. The first-order valence-corrected chi connectivity index (χ1v) is 6.81. The van der Waals surface area contributed by atoms with Gasteiger partial charge in [-0.15, -0.1) is 0 Å². The molecule has 0 saturated heterocycles. The number of rotatable bonds is 7. The fraction of sp³-hybridized carbons (Fsp3) is 0.200. The van der Waals surface area contributed by atoms with Gasteiger partial charge in [-0.25, -0.2) is 0 Å². The van der Waals surface area contributed by atoms with Crippen LogP contribution in [0.2, 0.25) is 5.02 Å². The van der Waals surface area contributed by atoms with Gasteiger partial charge in [-0.1, -0.05) is 17.7 Å². The van der Waals surface area contributed by atoms with Gasteiger partial charge in [-0.05, 0) is 24.3 Å². The highest BCUT2D eigenvalue weighted by molar-refractivity contribution is 6.30. The van der Waals surface area contributed by atoms with Gasteiger partial charge in [-0.3, -0.25) is 10.1 Å². The summed E-state index contributed by atoms with van der Waals surface area (Å²) >= 11 is 5.85. The van der Waals surface area contributed by atoms with E-state index in [1.807, 2.05) is 0 Å². The van der Waals surface area contributed by atoms with Gasteiger partial charge in [0.1, 0.15) is 19.0 Å². The van der Waals surface area contributed by atoms with E-state index >= 15 is 0 Å². The number of nitrogens with zero attached hydrogens (tertiary/aromatic N) is 1. The van der Waals surface area contributed by atoms with Gasteiger partial charge in [0.15, 0.2) is 11.5 Å². The summed E-state index contributed by atoms with van der Waals surface area (Å²) in [4.78, 5) is 10.2. The molecule has 0 heterocycles. The zero-order chi connectivity index (χ0) is 15.9.